The molecule has 6 heteroatoms. The SMILES string of the molecule is CC(C)(CO)NS(=O)(=O)c1ccc(CC#N)cc1. The van der Waals surface area contributed by atoms with Crippen molar-refractivity contribution in [2.45, 2.75) is 30.7 Å². The molecule has 1 aromatic rings. The molecule has 0 aliphatic heterocycles. The molecule has 0 saturated carbocycles. The van der Waals surface area contributed by atoms with Crippen molar-refractivity contribution in [3.8, 4) is 6.07 Å². The lowest BCUT2D eigenvalue weighted by molar-refractivity contribution is 0.208. The first-order valence-corrected chi connectivity index (χ1v) is 6.90. The summed E-state index contributed by atoms with van der Waals surface area (Å²) in [6, 6.07) is 8.09. The zero-order valence-corrected chi connectivity index (χ0v) is 11.2. The summed E-state index contributed by atoms with van der Waals surface area (Å²) in [5.41, 5.74) is -0.151. The van der Waals surface area contributed by atoms with E-state index in [0.717, 1.165) is 5.56 Å². The predicted molar refractivity (Wildman–Crippen MR) is 67.2 cm³/mol. The maximum Gasteiger partial charge on any atom is 0.241 e. The van der Waals surface area contributed by atoms with Gasteiger partial charge in [-0.3, -0.25) is 0 Å². The van der Waals surface area contributed by atoms with Gasteiger partial charge in [0, 0.05) is 0 Å². The highest BCUT2D eigenvalue weighted by Gasteiger charge is 2.25. The van der Waals surface area contributed by atoms with Gasteiger partial charge in [-0.15, -0.1) is 0 Å². The van der Waals surface area contributed by atoms with Crippen molar-refractivity contribution in [3.63, 3.8) is 0 Å². The number of hydrogen-bond acceptors (Lipinski definition) is 4. The van der Waals surface area contributed by atoms with Crippen molar-refractivity contribution in [1.29, 1.82) is 5.26 Å². The Morgan fingerprint density at radius 2 is 1.89 bits per heavy atom. The number of nitriles is 1. The Balaban J connectivity index is 2.96. The Morgan fingerprint density at radius 1 is 1.33 bits per heavy atom. The second-order valence-electron chi connectivity index (χ2n) is 4.63. The highest BCUT2D eigenvalue weighted by Crippen LogP contribution is 2.14. The smallest absolute Gasteiger partial charge is 0.241 e. The fourth-order valence-electron chi connectivity index (χ4n) is 1.33. The van der Waals surface area contributed by atoms with Crippen LogP contribution in [0.2, 0.25) is 0 Å². The van der Waals surface area contributed by atoms with Gasteiger partial charge in [-0.25, -0.2) is 13.1 Å². The minimum absolute atomic E-state index is 0.116. The first-order valence-electron chi connectivity index (χ1n) is 5.41. The van der Waals surface area contributed by atoms with Crippen LogP contribution < -0.4 is 4.72 Å². The van der Waals surface area contributed by atoms with Gasteiger partial charge in [0.1, 0.15) is 0 Å². The van der Waals surface area contributed by atoms with Crippen LogP contribution in [0.4, 0.5) is 0 Å². The van der Waals surface area contributed by atoms with Crippen LogP contribution in [0.5, 0.6) is 0 Å². The van der Waals surface area contributed by atoms with Gasteiger partial charge in [0.2, 0.25) is 10.0 Å². The molecule has 0 saturated heterocycles. The summed E-state index contributed by atoms with van der Waals surface area (Å²) in [7, 11) is -3.65. The zero-order valence-electron chi connectivity index (χ0n) is 10.3. The summed E-state index contributed by atoms with van der Waals surface area (Å²) in [6.07, 6.45) is 0.246. The van der Waals surface area contributed by atoms with Crippen LogP contribution in [0.25, 0.3) is 0 Å². The standard InChI is InChI=1S/C12H16N2O3S/c1-12(2,9-15)14-18(16,17)11-5-3-10(4-6-11)7-8-13/h3-6,14-15H,7,9H2,1-2H3. The number of benzene rings is 1. The molecule has 1 aromatic carbocycles. The van der Waals surface area contributed by atoms with E-state index in [-0.39, 0.29) is 17.9 Å². The molecule has 0 aliphatic rings. The monoisotopic (exact) mass is 268 g/mol. The van der Waals surface area contributed by atoms with Crippen LogP contribution in [0.15, 0.2) is 29.2 Å². The highest BCUT2D eigenvalue weighted by atomic mass is 32.2. The van der Waals surface area contributed by atoms with Crippen LogP contribution in [0.1, 0.15) is 19.4 Å². The topological polar surface area (TPSA) is 90.2 Å². The quantitative estimate of drug-likeness (QED) is 0.826. The van der Waals surface area contributed by atoms with E-state index < -0.39 is 15.6 Å². The molecular formula is C12H16N2O3S. The molecule has 0 amide bonds. The third-order valence-corrected chi connectivity index (χ3v) is 4.04. The number of rotatable bonds is 5. The lowest BCUT2D eigenvalue weighted by Crippen LogP contribution is -2.46. The molecule has 0 aliphatic carbocycles. The maximum atomic E-state index is 12.0. The fraction of sp³-hybridized carbons (Fsp3) is 0.417. The van der Waals surface area contributed by atoms with Crippen LogP contribution in [0.3, 0.4) is 0 Å². The van der Waals surface area contributed by atoms with E-state index in [2.05, 4.69) is 4.72 Å². The molecule has 0 heterocycles. The molecule has 0 bridgehead atoms. The molecule has 0 fully saturated rings. The fourth-order valence-corrected chi connectivity index (χ4v) is 2.74. The third-order valence-electron chi connectivity index (χ3n) is 2.32. The molecule has 0 aromatic heterocycles. The minimum Gasteiger partial charge on any atom is -0.394 e. The second kappa shape index (κ2) is 5.48. The second-order valence-corrected chi connectivity index (χ2v) is 6.31. The maximum absolute atomic E-state index is 12.0. The molecule has 2 N–H and O–H groups in total. The molecule has 0 spiro atoms. The van der Waals surface area contributed by atoms with Crippen LogP contribution >= 0.6 is 0 Å². The molecule has 98 valence electrons. The predicted octanol–water partition coefficient (Wildman–Crippen LogP) is 0.802. The normalized spacial score (nSPS) is 12.1. The van der Waals surface area contributed by atoms with E-state index in [1.54, 1.807) is 26.0 Å². The van der Waals surface area contributed by atoms with Gasteiger partial charge in [0.05, 0.1) is 29.5 Å². The Labute approximate surface area is 107 Å². The minimum atomic E-state index is -3.65. The van der Waals surface area contributed by atoms with Crippen molar-refractivity contribution in [3.05, 3.63) is 29.8 Å². The number of aliphatic hydroxyl groups excluding tert-OH is 1. The number of nitrogens with one attached hydrogen (secondary N) is 1. The van der Waals surface area contributed by atoms with Gasteiger partial charge in [0.15, 0.2) is 0 Å². The van der Waals surface area contributed by atoms with Crippen molar-refractivity contribution in [1.82, 2.24) is 4.72 Å². The van der Waals surface area contributed by atoms with Crippen LogP contribution in [-0.4, -0.2) is 25.7 Å². The molecular weight excluding hydrogens is 252 g/mol. The summed E-state index contributed by atoms with van der Waals surface area (Å²) in [5.74, 6) is 0. The first-order chi connectivity index (χ1) is 8.30. The molecule has 0 unspecified atom stereocenters. The Morgan fingerprint density at radius 3 is 2.33 bits per heavy atom. The lowest BCUT2D eigenvalue weighted by atomic mass is 10.1. The first kappa shape index (κ1) is 14.6. The van der Waals surface area contributed by atoms with Crippen molar-refractivity contribution < 1.29 is 13.5 Å². The summed E-state index contributed by atoms with van der Waals surface area (Å²) < 4.78 is 26.4. The van der Waals surface area contributed by atoms with Gasteiger partial charge >= 0.3 is 0 Å². The summed E-state index contributed by atoms with van der Waals surface area (Å²) in [5, 5.41) is 17.6. The molecule has 5 nitrogen and oxygen atoms in total. The summed E-state index contributed by atoms with van der Waals surface area (Å²) in [4.78, 5) is 0.116. The summed E-state index contributed by atoms with van der Waals surface area (Å²) in [6.45, 7) is 2.89. The van der Waals surface area contributed by atoms with E-state index in [0.29, 0.717) is 0 Å². The Hall–Kier alpha value is -1.42. The zero-order chi connectivity index (χ0) is 13.8. The molecule has 0 atom stereocenters. The average Bonchev–Trinajstić information content (AvgIpc) is 2.29. The largest absolute Gasteiger partial charge is 0.394 e. The Kier molecular flexibility index (Phi) is 4.46. The van der Waals surface area contributed by atoms with Crippen molar-refractivity contribution in [2.75, 3.05) is 6.61 Å². The molecule has 1 rings (SSSR count). The van der Waals surface area contributed by atoms with Crippen molar-refractivity contribution >= 4 is 10.0 Å². The van der Waals surface area contributed by atoms with Gasteiger partial charge in [0.25, 0.3) is 0 Å². The number of hydrogen-bond donors (Lipinski definition) is 2. The molecule has 18 heavy (non-hydrogen) atoms. The third kappa shape index (κ3) is 3.81. The van der Waals surface area contributed by atoms with E-state index in [1.165, 1.54) is 12.1 Å². The summed E-state index contributed by atoms with van der Waals surface area (Å²) >= 11 is 0. The lowest BCUT2D eigenvalue weighted by Gasteiger charge is -2.23. The average molecular weight is 268 g/mol. The van der Waals surface area contributed by atoms with E-state index >= 15 is 0 Å². The van der Waals surface area contributed by atoms with Gasteiger partial charge < -0.3 is 5.11 Å². The van der Waals surface area contributed by atoms with E-state index in [1.807, 2.05) is 6.07 Å². The van der Waals surface area contributed by atoms with Gasteiger partial charge in [-0.2, -0.15) is 5.26 Å². The number of sulfonamides is 1. The van der Waals surface area contributed by atoms with Crippen LogP contribution in [0, 0.1) is 11.3 Å². The van der Waals surface area contributed by atoms with E-state index in [4.69, 9.17) is 10.4 Å². The number of nitrogens with zero attached hydrogens (tertiary/aromatic N) is 1. The van der Waals surface area contributed by atoms with E-state index in [9.17, 15) is 8.42 Å². The molecule has 0 radical (unpaired) electrons. The van der Waals surface area contributed by atoms with Crippen LogP contribution in [-0.2, 0) is 16.4 Å². The van der Waals surface area contributed by atoms with Crippen molar-refractivity contribution in [2.24, 2.45) is 0 Å². The highest BCUT2D eigenvalue weighted by molar-refractivity contribution is 7.89. The van der Waals surface area contributed by atoms with Gasteiger partial charge in [-0.05, 0) is 31.5 Å². The Bertz CT molecular complexity index is 542. The van der Waals surface area contributed by atoms with Gasteiger partial charge in [-0.1, -0.05) is 12.1 Å². The number of aliphatic hydroxyl groups is 1.